The number of aliphatic hydroxyl groups is 1. The maximum atomic E-state index is 17.2. The molecule has 12 nitrogen and oxygen atoms in total. The second-order valence-electron chi connectivity index (χ2n) is 15.1. The number of carbonyl (C=O) groups excluding carboxylic acids is 1. The largest absolute Gasteiger partial charge is 0.468 e. The highest BCUT2D eigenvalue weighted by Crippen LogP contribution is 2.40. The number of halogens is 1. The minimum absolute atomic E-state index is 0.0434. The molecule has 52 heavy (non-hydrogen) atoms. The van der Waals surface area contributed by atoms with Gasteiger partial charge in [0.05, 0.1) is 24.1 Å². The van der Waals surface area contributed by atoms with Gasteiger partial charge in [0.25, 0.3) is 0 Å². The van der Waals surface area contributed by atoms with E-state index in [2.05, 4.69) is 16.7 Å². The molecule has 3 saturated heterocycles. The average Bonchev–Trinajstić information content (AvgIpc) is 3.62. The number of ether oxygens (including phenoxy) is 4. The second kappa shape index (κ2) is 14.6. The molecule has 0 saturated carbocycles. The Hall–Kier alpha value is -4.33. The Morgan fingerprint density at radius 2 is 1.79 bits per heavy atom. The highest BCUT2D eigenvalue weighted by Gasteiger charge is 2.45. The molecule has 278 valence electrons. The molecule has 4 atom stereocenters. The van der Waals surface area contributed by atoms with Gasteiger partial charge in [-0.3, -0.25) is 14.8 Å². The average molecular weight is 717 g/mol. The van der Waals surface area contributed by atoms with Crippen molar-refractivity contribution < 1.29 is 33.2 Å². The van der Waals surface area contributed by atoms with Gasteiger partial charge in [-0.05, 0) is 88.4 Å². The van der Waals surface area contributed by atoms with Crippen LogP contribution in [0, 0.1) is 5.82 Å². The van der Waals surface area contributed by atoms with Crippen LogP contribution in [0.2, 0.25) is 0 Å². The summed E-state index contributed by atoms with van der Waals surface area (Å²) in [5.41, 5.74) is 1.29. The summed E-state index contributed by atoms with van der Waals surface area (Å²) in [4.78, 5) is 33.7. The van der Waals surface area contributed by atoms with Crippen LogP contribution in [0.1, 0.15) is 58.9 Å². The number of rotatable bonds is 10. The van der Waals surface area contributed by atoms with E-state index in [1.807, 2.05) is 57.0 Å². The molecule has 3 aliphatic heterocycles. The number of fused-ring (bicyclic) bond motifs is 4. The van der Waals surface area contributed by atoms with Gasteiger partial charge in [0.1, 0.15) is 35.0 Å². The summed E-state index contributed by atoms with van der Waals surface area (Å²) < 4.78 is 40.3. The topological polar surface area (TPSA) is 123 Å². The number of hydrogen-bond donors (Lipinski definition) is 1. The number of aliphatic hydroxyl groups excluding tert-OH is 1. The van der Waals surface area contributed by atoms with Gasteiger partial charge in [-0.15, -0.1) is 0 Å². The second-order valence-corrected chi connectivity index (χ2v) is 15.1. The first-order chi connectivity index (χ1) is 25.0. The number of aryl methyl sites for hydroxylation is 1. The van der Waals surface area contributed by atoms with Crippen molar-refractivity contribution in [3.05, 3.63) is 47.9 Å². The van der Waals surface area contributed by atoms with Gasteiger partial charge in [-0.1, -0.05) is 25.1 Å². The van der Waals surface area contributed by atoms with Crippen LogP contribution in [0.4, 0.5) is 15.0 Å². The number of carbonyl (C=O) groups is 1. The van der Waals surface area contributed by atoms with Crippen molar-refractivity contribution in [2.45, 2.75) is 89.6 Å². The zero-order valence-electron chi connectivity index (χ0n) is 30.9. The Labute approximate surface area is 303 Å². The monoisotopic (exact) mass is 716 g/mol. The molecule has 2 bridgehead atoms. The van der Waals surface area contributed by atoms with Gasteiger partial charge < -0.3 is 29.0 Å². The number of benzene rings is 2. The third-order valence-corrected chi connectivity index (χ3v) is 10.6. The molecule has 1 amide bonds. The van der Waals surface area contributed by atoms with Gasteiger partial charge in [0, 0.05) is 44.0 Å². The molecule has 0 radical (unpaired) electrons. The molecule has 3 fully saturated rings. The number of pyridine rings is 1. The van der Waals surface area contributed by atoms with Crippen LogP contribution in [-0.4, -0.2) is 113 Å². The first-order valence-electron chi connectivity index (χ1n) is 18.3. The first-order valence-corrected chi connectivity index (χ1v) is 18.3. The van der Waals surface area contributed by atoms with Crippen LogP contribution < -0.4 is 14.4 Å². The van der Waals surface area contributed by atoms with Crippen molar-refractivity contribution in [3.8, 4) is 23.0 Å². The quantitative estimate of drug-likeness (QED) is 0.196. The van der Waals surface area contributed by atoms with Gasteiger partial charge in [0.2, 0.25) is 0 Å². The molecule has 2 unspecified atom stereocenters. The summed E-state index contributed by atoms with van der Waals surface area (Å²) in [6, 6.07) is 9.75. The normalized spacial score (nSPS) is 22.1. The Morgan fingerprint density at radius 1 is 1.04 bits per heavy atom. The van der Waals surface area contributed by atoms with Crippen molar-refractivity contribution >= 4 is 33.6 Å². The Kier molecular flexibility index (Phi) is 10.1. The minimum Gasteiger partial charge on any atom is -0.468 e. The highest BCUT2D eigenvalue weighted by atomic mass is 19.1. The van der Waals surface area contributed by atoms with Crippen LogP contribution in [0.5, 0.6) is 11.8 Å². The summed E-state index contributed by atoms with van der Waals surface area (Å²) in [6.07, 6.45) is 5.46. The summed E-state index contributed by atoms with van der Waals surface area (Å²) in [6.45, 7) is 9.09. The summed E-state index contributed by atoms with van der Waals surface area (Å²) >= 11 is 0. The number of likely N-dealkylation sites (tertiary alicyclic amines) is 1. The number of methoxy groups -OCH3 is 1. The zero-order valence-corrected chi connectivity index (χ0v) is 30.9. The minimum atomic E-state index is -0.604. The molecule has 3 aliphatic rings. The predicted octanol–water partition coefficient (Wildman–Crippen LogP) is 5.95. The van der Waals surface area contributed by atoms with Gasteiger partial charge in [-0.25, -0.2) is 9.18 Å². The predicted molar refractivity (Wildman–Crippen MR) is 196 cm³/mol. The molecule has 7 rings (SSSR count). The fourth-order valence-electron chi connectivity index (χ4n) is 8.06. The lowest BCUT2D eigenvalue weighted by atomic mass is 9.95. The van der Waals surface area contributed by atoms with Crippen LogP contribution >= 0.6 is 0 Å². The Bertz CT molecular complexity index is 1940. The first kappa shape index (κ1) is 36.0. The summed E-state index contributed by atoms with van der Waals surface area (Å²) in [5.74, 6) is 0.463. The number of amides is 1. The van der Waals surface area contributed by atoms with Crippen molar-refractivity contribution in [3.63, 3.8) is 0 Å². The van der Waals surface area contributed by atoms with Gasteiger partial charge >= 0.3 is 12.1 Å². The molecule has 2 aromatic heterocycles. The number of aromatic nitrogens is 3. The molecular weight excluding hydrogens is 667 g/mol. The van der Waals surface area contributed by atoms with Crippen LogP contribution in [-0.2, 0) is 15.9 Å². The van der Waals surface area contributed by atoms with Crippen LogP contribution in [0.25, 0.3) is 32.9 Å². The molecule has 5 heterocycles. The van der Waals surface area contributed by atoms with Crippen molar-refractivity contribution in [2.24, 2.45) is 0 Å². The fraction of sp³-hybridized carbons (Fsp3) is 0.538. The molecule has 2 aromatic carbocycles. The molecule has 13 heteroatoms. The highest BCUT2D eigenvalue weighted by molar-refractivity contribution is 6.01. The van der Waals surface area contributed by atoms with E-state index in [0.717, 1.165) is 48.4 Å². The van der Waals surface area contributed by atoms with Crippen molar-refractivity contribution in [1.82, 2.24) is 24.8 Å². The molecule has 0 aliphatic carbocycles. The van der Waals surface area contributed by atoms with Crippen LogP contribution in [0.15, 0.2) is 36.5 Å². The maximum absolute atomic E-state index is 17.2. The lowest BCUT2D eigenvalue weighted by Gasteiger charge is -2.42. The van der Waals surface area contributed by atoms with E-state index in [1.54, 1.807) is 19.4 Å². The third kappa shape index (κ3) is 6.93. The Balaban J connectivity index is 1.31. The van der Waals surface area contributed by atoms with E-state index in [9.17, 15) is 9.90 Å². The molecule has 0 spiro atoms. The summed E-state index contributed by atoms with van der Waals surface area (Å²) in [7, 11) is 3.53. The zero-order chi connectivity index (χ0) is 36.7. The van der Waals surface area contributed by atoms with E-state index in [-0.39, 0.29) is 60.9 Å². The smallest absolute Gasteiger partial charge is 0.410 e. The number of anilines is 1. The fourth-order valence-corrected chi connectivity index (χ4v) is 8.06. The number of piperazine rings is 1. The van der Waals surface area contributed by atoms with Gasteiger partial charge in [0.15, 0.2) is 12.6 Å². The number of hydrogen-bond acceptors (Lipinski definition) is 11. The lowest BCUT2D eigenvalue weighted by Crippen LogP contribution is -2.57. The molecule has 1 N–H and O–H groups in total. The third-order valence-electron chi connectivity index (χ3n) is 10.6. The Morgan fingerprint density at radius 3 is 2.46 bits per heavy atom. The van der Waals surface area contributed by atoms with Gasteiger partial charge in [-0.2, -0.15) is 9.97 Å². The number of nitrogens with zero attached hydrogens (tertiary/aromatic N) is 6. The van der Waals surface area contributed by atoms with Crippen LogP contribution in [0.3, 0.4) is 0 Å². The summed E-state index contributed by atoms with van der Waals surface area (Å²) in [5, 5.41) is 12.1. The van der Waals surface area contributed by atoms with E-state index < -0.39 is 11.4 Å². The van der Waals surface area contributed by atoms with Crippen molar-refractivity contribution in [1.29, 1.82) is 0 Å². The van der Waals surface area contributed by atoms with E-state index in [4.69, 9.17) is 33.9 Å². The SMILES string of the molecule is CCc1cccc2cc(OCOC)cc(-c3ncc4c(N5CC6CCC(C5)N6C(=O)OC(C)(C)C)nc(OC[C@@H]5CC[C@@H](CO)N5C)nc4c3F)c12. The number of likely N-dealkylation sites (N-methyl/N-ethyl adjacent to an activating group) is 1. The molecule has 4 aromatic rings. The van der Waals surface area contributed by atoms with E-state index in [1.165, 1.54) is 0 Å². The molecular formula is C39H49FN6O6. The van der Waals surface area contributed by atoms with E-state index >= 15 is 4.39 Å². The van der Waals surface area contributed by atoms with Crippen molar-refractivity contribution in [2.75, 3.05) is 52.2 Å². The maximum Gasteiger partial charge on any atom is 0.410 e. The van der Waals surface area contributed by atoms with E-state index in [0.29, 0.717) is 42.2 Å². The standard InChI is InChI=1S/C39H49FN6O6/c1-7-23-9-8-10-24-15-29(51-22-49-6)16-30(32(23)24)34-33(40)35-31(17-41-34)36(43-37(42-35)50-21-28-14-13-27(20-47)44(28)5)45-18-25-11-12-26(19-45)46(25)38(48)52-39(2,3)4/h8-10,15-17,25-28,47H,7,11-14,18-22H2,1-6H3/t25?,26?,27-,28-/m0/s1. The lowest BCUT2D eigenvalue weighted by molar-refractivity contribution is 0.0122.